The molecule has 0 fully saturated rings. The van der Waals surface area contributed by atoms with Gasteiger partial charge in [-0.2, -0.15) is 0 Å². The van der Waals surface area contributed by atoms with Crippen LogP contribution >= 0.6 is 27.7 Å². The highest BCUT2D eigenvalue weighted by molar-refractivity contribution is 9.10. The van der Waals surface area contributed by atoms with E-state index in [0.29, 0.717) is 35.4 Å². The summed E-state index contributed by atoms with van der Waals surface area (Å²) in [4.78, 5) is 22.1. The molecule has 160 valence electrons. The SMILES string of the molecule is CN(C)c1c(Cn2nnc3ccccc32)nc(SCCOc2ccc(Br)cc2)[nH]c1=O. The molecule has 0 saturated heterocycles. The lowest BCUT2D eigenvalue weighted by Crippen LogP contribution is -2.25. The Kier molecular flexibility index (Phi) is 6.57. The molecule has 0 unspecified atom stereocenters. The molecule has 0 atom stereocenters. The number of rotatable bonds is 8. The van der Waals surface area contributed by atoms with Gasteiger partial charge in [-0.1, -0.05) is 45.0 Å². The van der Waals surface area contributed by atoms with Gasteiger partial charge in [-0.05, 0) is 36.4 Å². The minimum absolute atomic E-state index is 0.184. The second-order valence-electron chi connectivity index (χ2n) is 6.95. The summed E-state index contributed by atoms with van der Waals surface area (Å²) in [6, 6.07) is 15.4. The van der Waals surface area contributed by atoms with E-state index in [1.807, 2.05) is 62.6 Å². The zero-order valence-corrected chi connectivity index (χ0v) is 19.5. The van der Waals surface area contributed by atoms with Crippen molar-refractivity contribution in [2.45, 2.75) is 11.7 Å². The van der Waals surface area contributed by atoms with Gasteiger partial charge in [0.2, 0.25) is 0 Å². The Morgan fingerprint density at radius 2 is 1.94 bits per heavy atom. The van der Waals surface area contributed by atoms with Crippen LogP contribution in [0, 0.1) is 0 Å². The van der Waals surface area contributed by atoms with Gasteiger partial charge in [0.05, 0.1) is 24.4 Å². The molecule has 0 spiro atoms. The molecule has 2 aromatic heterocycles. The summed E-state index contributed by atoms with van der Waals surface area (Å²) >= 11 is 4.85. The number of nitrogens with one attached hydrogen (secondary N) is 1. The summed E-state index contributed by atoms with van der Waals surface area (Å²) in [5.74, 6) is 1.44. The second kappa shape index (κ2) is 9.52. The number of aromatic nitrogens is 5. The molecule has 0 saturated carbocycles. The highest BCUT2D eigenvalue weighted by Gasteiger charge is 2.16. The maximum absolute atomic E-state index is 12.7. The van der Waals surface area contributed by atoms with Gasteiger partial charge in [0.15, 0.2) is 5.16 Å². The smallest absolute Gasteiger partial charge is 0.275 e. The standard InChI is InChI=1S/C21H21BrN6O2S/c1-27(2)19-17(13-28-18-6-4-3-5-16(18)25-26-28)23-21(24-20(19)29)31-12-11-30-15-9-7-14(22)8-10-15/h3-10H,11-13H2,1-2H3,(H,23,24,29). The summed E-state index contributed by atoms with van der Waals surface area (Å²) in [7, 11) is 3.65. The van der Waals surface area contributed by atoms with Crippen LogP contribution < -0.4 is 15.2 Å². The highest BCUT2D eigenvalue weighted by atomic mass is 79.9. The van der Waals surface area contributed by atoms with Crippen LogP contribution in [0.4, 0.5) is 5.69 Å². The van der Waals surface area contributed by atoms with Crippen molar-refractivity contribution in [1.82, 2.24) is 25.0 Å². The lowest BCUT2D eigenvalue weighted by atomic mass is 10.3. The first kappa shape index (κ1) is 21.4. The van der Waals surface area contributed by atoms with E-state index < -0.39 is 0 Å². The molecular formula is C21H21BrN6O2S. The minimum Gasteiger partial charge on any atom is -0.493 e. The van der Waals surface area contributed by atoms with Gasteiger partial charge >= 0.3 is 0 Å². The molecule has 0 aliphatic rings. The van der Waals surface area contributed by atoms with E-state index in [1.165, 1.54) is 11.8 Å². The van der Waals surface area contributed by atoms with Gasteiger partial charge in [0.1, 0.15) is 17.0 Å². The number of para-hydroxylation sites is 1. The minimum atomic E-state index is -0.184. The van der Waals surface area contributed by atoms with Crippen molar-refractivity contribution in [3.8, 4) is 5.75 Å². The Bertz CT molecular complexity index is 1240. The van der Waals surface area contributed by atoms with Crippen molar-refractivity contribution in [2.24, 2.45) is 0 Å². The number of nitrogens with zero attached hydrogens (tertiary/aromatic N) is 5. The van der Waals surface area contributed by atoms with Gasteiger partial charge in [-0.15, -0.1) is 5.10 Å². The van der Waals surface area contributed by atoms with Crippen molar-refractivity contribution in [3.05, 3.63) is 69.1 Å². The average molecular weight is 501 g/mol. The van der Waals surface area contributed by atoms with Crippen molar-refractivity contribution in [1.29, 1.82) is 0 Å². The molecule has 0 aliphatic heterocycles. The first-order valence-electron chi connectivity index (χ1n) is 9.61. The second-order valence-corrected chi connectivity index (χ2v) is 8.95. The highest BCUT2D eigenvalue weighted by Crippen LogP contribution is 2.20. The van der Waals surface area contributed by atoms with Gasteiger partial charge < -0.3 is 9.64 Å². The molecule has 31 heavy (non-hydrogen) atoms. The van der Waals surface area contributed by atoms with Crippen LogP contribution in [-0.4, -0.2) is 51.4 Å². The normalized spacial score (nSPS) is 11.1. The summed E-state index contributed by atoms with van der Waals surface area (Å²) < 4.78 is 8.51. The van der Waals surface area contributed by atoms with Gasteiger partial charge in [-0.25, -0.2) is 9.67 Å². The predicted molar refractivity (Wildman–Crippen MR) is 126 cm³/mol. The van der Waals surface area contributed by atoms with Crippen molar-refractivity contribution < 1.29 is 4.74 Å². The van der Waals surface area contributed by atoms with E-state index in [-0.39, 0.29) is 5.56 Å². The van der Waals surface area contributed by atoms with E-state index in [2.05, 4.69) is 31.2 Å². The Hall–Kier alpha value is -2.85. The molecule has 0 aliphatic carbocycles. The Morgan fingerprint density at radius 3 is 2.71 bits per heavy atom. The number of halogens is 1. The van der Waals surface area contributed by atoms with Gasteiger partial charge in [0.25, 0.3) is 5.56 Å². The summed E-state index contributed by atoms with van der Waals surface area (Å²) in [5, 5.41) is 8.97. The number of hydrogen-bond donors (Lipinski definition) is 1. The maximum Gasteiger partial charge on any atom is 0.275 e. The molecule has 0 amide bonds. The molecule has 1 N–H and O–H groups in total. The molecular weight excluding hydrogens is 480 g/mol. The maximum atomic E-state index is 12.7. The third-order valence-corrected chi connectivity index (χ3v) is 5.88. The monoisotopic (exact) mass is 500 g/mol. The quantitative estimate of drug-likeness (QED) is 0.224. The third-order valence-electron chi connectivity index (χ3n) is 4.52. The van der Waals surface area contributed by atoms with Crippen molar-refractivity contribution >= 4 is 44.4 Å². The molecule has 4 aromatic rings. The van der Waals surface area contributed by atoms with E-state index >= 15 is 0 Å². The Labute approximate surface area is 191 Å². The van der Waals surface area contributed by atoms with Crippen LogP contribution in [0.5, 0.6) is 5.75 Å². The third kappa shape index (κ3) is 5.08. The fourth-order valence-electron chi connectivity index (χ4n) is 3.14. The molecule has 0 bridgehead atoms. The van der Waals surface area contributed by atoms with E-state index in [9.17, 15) is 4.79 Å². The number of H-pyrrole nitrogens is 1. The Balaban J connectivity index is 1.50. The number of aromatic amines is 1. The van der Waals surface area contributed by atoms with Gasteiger partial charge in [-0.3, -0.25) is 9.78 Å². The van der Waals surface area contributed by atoms with Crippen molar-refractivity contribution in [3.63, 3.8) is 0 Å². The van der Waals surface area contributed by atoms with E-state index in [0.717, 1.165) is 21.3 Å². The lowest BCUT2D eigenvalue weighted by Gasteiger charge is -2.16. The summed E-state index contributed by atoms with van der Waals surface area (Å²) in [6.45, 7) is 0.843. The van der Waals surface area contributed by atoms with E-state index in [4.69, 9.17) is 9.72 Å². The van der Waals surface area contributed by atoms with Crippen LogP contribution in [0.3, 0.4) is 0 Å². The zero-order chi connectivity index (χ0) is 21.8. The summed E-state index contributed by atoms with van der Waals surface area (Å²) in [5.41, 5.74) is 2.66. The molecule has 0 radical (unpaired) electrons. The molecule has 2 heterocycles. The number of ether oxygens (including phenoxy) is 1. The lowest BCUT2D eigenvalue weighted by molar-refractivity contribution is 0.344. The first-order chi connectivity index (χ1) is 15.0. The Morgan fingerprint density at radius 1 is 1.16 bits per heavy atom. The zero-order valence-electron chi connectivity index (χ0n) is 17.1. The number of benzene rings is 2. The number of hydrogen-bond acceptors (Lipinski definition) is 7. The topological polar surface area (TPSA) is 88.9 Å². The number of fused-ring (bicyclic) bond motifs is 1. The molecule has 8 nitrogen and oxygen atoms in total. The van der Waals surface area contributed by atoms with Crippen LogP contribution in [0.15, 0.2) is 63.0 Å². The summed E-state index contributed by atoms with van der Waals surface area (Å²) in [6.07, 6.45) is 0. The van der Waals surface area contributed by atoms with Gasteiger partial charge in [0, 0.05) is 24.3 Å². The van der Waals surface area contributed by atoms with Crippen molar-refractivity contribution in [2.75, 3.05) is 31.4 Å². The number of thioether (sulfide) groups is 1. The molecule has 10 heteroatoms. The fraction of sp³-hybridized carbons (Fsp3) is 0.238. The fourth-order valence-corrected chi connectivity index (χ4v) is 4.10. The molecule has 4 rings (SSSR count). The number of anilines is 1. The largest absolute Gasteiger partial charge is 0.493 e. The average Bonchev–Trinajstić information content (AvgIpc) is 3.15. The van der Waals surface area contributed by atoms with Crippen LogP contribution in [0.2, 0.25) is 0 Å². The predicted octanol–water partition coefficient (Wildman–Crippen LogP) is 3.56. The van der Waals surface area contributed by atoms with Crippen LogP contribution in [-0.2, 0) is 6.54 Å². The van der Waals surface area contributed by atoms with Crippen LogP contribution in [0.1, 0.15) is 5.69 Å². The van der Waals surface area contributed by atoms with Crippen LogP contribution in [0.25, 0.3) is 11.0 Å². The van der Waals surface area contributed by atoms with E-state index in [1.54, 1.807) is 9.58 Å². The first-order valence-corrected chi connectivity index (χ1v) is 11.4. The molecule has 2 aromatic carbocycles.